The average molecular weight is 299 g/mol. The molecule has 0 bridgehead atoms. The zero-order valence-corrected chi connectivity index (χ0v) is 11.7. The molecule has 94 valence electrons. The van der Waals surface area contributed by atoms with Crippen molar-refractivity contribution < 1.29 is 4.74 Å². The molecule has 1 saturated heterocycles. The van der Waals surface area contributed by atoms with Gasteiger partial charge in [0.25, 0.3) is 0 Å². The second-order valence-corrected chi connectivity index (χ2v) is 5.51. The van der Waals surface area contributed by atoms with E-state index in [2.05, 4.69) is 34.2 Å². The summed E-state index contributed by atoms with van der Waals surface area (Å²) >= 11 is 3.41. The van der Waals surface area contributed by atoms with Gasteiger partial charge in [-0.1, -0.05) is 22.0 Å². The van der Waals surface area contributed by atoms with Gasteiger partial charge in [0, 0.05) is 29.9 Å². The zero-order chi connectivity index (χ0) is 12.3. The molecular weight excluding hydrogens is 280 g/mol. The van der Waals surface area contributed by atoms with Gasteiger partial charge in [-0.05, 0) is 37.0 Å². The fourth-order valence-corrected chi connectivity index (χ4v) is 2.54. The highest BCUT2D eigenvalue weighted by molar-refractivity contribution is 9.10. The van der Waals surface area contributed by atoms with Gasteiger partial charge in [0.1, 0.15) is 0 Å². The Labute approximate surface area is 111 Å². The Morgan fingerprint density at radius 1 is 1.53 bits per heavy atom. The van der Waals surface area contributed by atoms with Crippen LogP contribution in [0.3, 0.4) is 0 Å². The predicted molar refractivity (Wildman–Crippen MR) is 73.8 cm³/mol. The Morgan fingerprint density at radius 3 is 3.00 bits per heavy atom. The molecule has 1 aliphatic heterocycles. The van der Waals surface area contributed by atoms with E-state index < -0.39 is 0 Å². The lowest BCUT2D eigenvalue weighted by Gasteiger charge is -2.15. The molecule has 2 unspecified atom stereocenters. The summed E-state index contributed by atoms with van der Waals surface area (Å²) in [7, 11) is 0. The van der Waals surface area contributed by atoms with E-state index in [9.17, 15) is 0 Å². The largest absolute Gasteiger partial charge is 0.398 e. The van der Waals surface area contributed by atoms with Crippen LogP contribution in [-0.4, -0.2) is 19.3 Å². The van der Waals surface area contributed by atoms with Crippen LogP contribution < -0.4 is 11.1 Å². The Morgan fingerprint density at radius 2 is 2.35 bits per heavy atom. The molecule has 0 saturated carbocycles. The lowest BCUT2D eigenvalue weighted by Crippen LogP contribution is -2.26. The Balaban J connectivity index is 1.81. The summed E-state index contributed by atoms with van der Waals surface area (Å²) in [6.45, 7) is 4.86. The Kier molecular flexibility index (Phi) is 4.42. The number of anilines is 1. The van der Waals surface area contributed by atoms with E-state index in [4.69, 9.17) is 10.5 Å². The maximum Gasteiger partial charge on any atom is 0.0588 e. The third-order valence-corrected chi connectivity index (χ3v) is 3.86. The van der Waals surface area contributed by atoms with Crippen molar-refractivity contribution >= 4 is 21.6 Å². The second kappa shape index (κ2) is 5.85. The van der Waals surface area contributed by atoms with Crippen LogP contribution in [0.15, 0.2) is 22.7 Å². The molecule has 0 aliphatic carbocycles. The van der Waals surface area contributed by atoms with Crippen molar-refractivity contribution in [3.05, 3.63) is 28.2 Å². The molecule has 17 heavy (non-hydrogen) atoms. The van der Waals surface area contributed by atoms with E-state index in [-0.39, 0.29) is 0 Å². The highest BCUT2D eigenvalue weighted by atomic mass is 79.9. The SMILES string of the molecule is CC1OCCC1CNCc1ccc(Br)cc1N. The fraction of sp³-hybridized carbons (Fsp3) is 0.538. The van der Waals surface area contributed by atoms with Gasteiger partial charge in [-0.25, -0.2) is 0 Å². The van der Waals surface area contributed by atoms with Crippen LogP contribution in [0.5, 0.6) is 0 Å². The quantitative estimate of drug-likeness (QED) is 0.840. The number of hydrogen-bond donors (Lipinski definition) is 2. The molecule has 0 aromatic heterocycles. The van der Waals surface area contributed by atoms with Crippen LogP contribution in [0, 0.1) is 5.92 Å². The average Bonchev–Trinajstić information content (AvgIpc) is 2.68. The molecule has 1 aliphatic rings. The summed E-state index contributed by atoms with van der Waals surface area (Å²) in [6, 6.07) is 6.02. The van der Waals surface area contributed by atoms with Crippen molar-refractivity contribution in [3.63, 3.8) is 0 Å². The maximum absolute atomic E-state index is 5.95. The molecule has 2 rings (SSSR count). The molecule has 4 heteroatoms. The summed E-state index contributed by atoms with van der Waals surface area (Å²) < 4.78 is 6.56. The molecule has 1 heterocycles. The number of ether oxygens (including phenoxy) is 1. The smallest absolute Gasteiger partial charge is 0.0588 e. The van der Waals surface area contributed by atoms with Gasteiger partial charge in [-0.3, -0.25) is 0 Å². The molecule has 2 atom stereocenters. The highest BCUT2D eigenvalue weighted by Crippen LogP contribution is 2.21. The molecule has 1 aromatic carbocycles. The molecule has 3 N–H and O–H groups in total. The van der Waals surface area contributed by atoms with Crippen molar-refractivity contribution in [1.82, 2.24) is 5.32 Å². The predicted octanol–water partition coefficient (Wildman–Crippen LogP) is 2.55. The molecule has 1 aromatic rings. The van der Waals surface area contributed by atoms with E-state index in [1.165, 1.54) is 0 Å². The lowest BCUT2D eigenvalue weighted by atomic mass is 10.0. The van der Waals surface area contributed by atoms with Gasteiger partial charge in [0.15, 0.2) is 0 Å². The van der Waals surface area contributed by atoms with E-state index >= 15 is 0 Å². The van der Waals surface area contributed by atoms with Crippen molar-refractivity contribution in [2.75, 3.05) is 18.9 Å². The topological polar surface area (TPSA) is 47.3 Å². The van der Waals surface area contributed by atoms with Crippen molar-refractivity contribution in [3.8, 4) is 0 Å². The van der Waals surface area contributed by atoms with Crippen LogP contribution >= 0.6 is 15.9 Å². The van der Waals surface area contributed by atoms with Crippen LogP contribution in [0.1, 0.15) is 18.9 Å². The number of nitrogens with one attached hydrogen (secondary N) is 1. The molecular formula is C13H19BrN2O. The minimum absolute atomic E-state index is 0.379. The summed E-state index contributed by atoms with van der Waals surface area (Å²) in [5.41, 5.74) is 7.94. The van der Waals surface area contributed by atoms with Crippen molar-refractivity contribution in [1.29, 1.82) is 0 Å². The number of nitrogen functional groups attached to an aromatic ring is 1. The van der Waals surface area contributed by atoms with E-state index in [0.717, 1.165) is 41.8 Å². The van der Waals surface area contributed by atoms with E-state index in [1.807, 2.05) is 12.1 Å². The van der Waals surface area contributed by atoms with Crippen LogP contribution in [0.2, 0.25) is 0 Å². The van der Waals surface area contributed by atoms with Crippen LogP contribution in [0.25, 0.3) is 0 Å². The number of nitrogens with two attached hydrogens (primary N) is 1. The van der Waals surface area contributed by atoms with Crippen LogP contribution in [0.4, 0.5) is 5.69 Å². The van der Waals surface area contributed by atoms with Gasteiger partial charge in [0.05, 0.1) is 6.10 Å². The number of rotatable bonds is 4. The lowest BCUT2D eigenvalue weighted by molar-refractivity contribution is 0.105. The number of halogens is 1. The number of benzene rings is 1. The third-order valence-electron chi connectivity index (χ3n) is 3.36. The maximum atomic E-state index is 5.95. The summed E-state index contributed by atoms with van der Waals surface area (Å²) in [4.78, 5) is 0. The fourth-order valence-electron chi connectivity index (χ4n) is 2.16. The molecule has 0 amide bonds. The van der Waals surface area contributed by atoms with E-state index in [1.54, 1.807) is 0 Å². The van der Waals surface area contributed by atoms with Gasteiger partial charge in [-0.15, -0.1) is 0 Å². The molecule has 3 nitrogen and oxygen atoms in total. The van der Waals surface area contributed by atoms with Crippen molar-refractivity contribution in [2.24, 2.45) is 5.92 Å². The first-order chi connectivity index (χ1) is 8.16. The van der Waals surface area contributed by atoms with Crippen LogP contribution in [-0.2, 0) is 11.3 Å². The summed E-state index contributed by atoms with van der Waals surface area (Å²) in [5, 5.41) is 3.46. The normalized spacial score (nSPS) is 24.1. The second-order valence-electron chi connectivity index (χ2n) is 4.60. The Hall–Kier alpha value is -0.580. The van der Waals surface area contributed by atoms with Crippen molar-refractivity contribution in [2.45, 2.75) is 26.0 Å². The first-order valence-electron chi connectivity index (χ1n) is 6.03. The molecule has 0 radical (unpaired) electrons. The minimum Gasteiger partial charge on any atom is -0.398 e. The Bertz CT molecular complexity index is 384. The number of hydrogen-bond acceptors (Lipinski definition) is 3. The summed E-state index contributed by atoms with van der Waals surface area (Å²) in [5.74, 6) is 0.631. The monoisotopic (exact) mass is 298 g/mol. The first-order valence-corrected chi connectivity index (χ1v) is 6.82. The third kappa shape index (κ3) is 3.44. The highest BCUT2D eigenvalue weighted by Gasteiger charge is 2.23. The van der Waals surface area contributed by atoms with Gasteiger partial charge in [-0.2, -0.15) is 0 Å². The zero-order valence-electron chi connectivity index (χ0n) is 10.1. The van der Waals surface area contributed by atoms with E-state index in [0.29, 0.717) is 12.0 Å². The minimum atomic E-state index is 0.379. The molecule has 1 fully saturated rings. The molecule has 0 spiro atoms. The van der Waals surface area contributed by atoms with Gasteiger partial charge < -0.3 is 15.8 Å². The van der Waals surface area contributed by atoms with Gasteiger partial charge in [0.2, 0.25) is 0 Å². The standard InChI is InChI=1S/C13H19BrN2O/c1-9-10(4-5-17-9)7-16-8-11-2-3-12(14)6-13(11)15/h2-3,6,9-10,16H,4-5,7-8,15H2,1H3. The first kappa shape index (κ1) is 12.9. The van der Waals surface area contributed by atoms with Gasteiger partial charge >= 0.3 is 0 Å². The summed E-state index contributed by atoms with van der Waals surface area (Å²) in [6.07, 6.45) is 1.54.